The molecule has 1 aromatic carbocycles. The molecule has 1 atom stereocenters. The summed E-state index contributed by atoms with van der Waals surface area (Å²) in [5, 5.41) is 10.2. The number of aliphatic hydroxyl groups is 1. The Hall–Kier alpha value is -1.48. The molecule has 1 saturated carbocycles. The lowest BCUT2D eigenvalue weighted by Gasteiger charge is -2.11. The first-order valence-electron chi connectivity index (χ1n) is 5.72. The first kappa shape index (κ1) is 9.73. The number of fused-ring (bicyclic) bond motifs is 1. The van der Waals surface area contributed by atoms with Gasteiger partial charge in [0.2, 0.25) is 0 Å². The van der Waals surface area contributed by atoms with Crippen LogP contribution in [0.25, 0.3) is 11.0 Å². The zero-order chi connectivity index (χ0) is 11.0. The largest absolute Gasteiger partial charge is 0.388 e. The van der Waals surface area contributed by atoms with Gasteiger partial charge in [-0.05, 0) is 18.4 Å². The maximum absolute atomic E-state index is 10.2. The number of aromatic nitrogens is 2. The Kier molecular flexibility index (Phi) is 2.33. The van der Waals surface area contributed by atoms with Crippen LogP contribution in [0.3, 0.4) is 0 Å². The summed E-state index contributed by atoms with van der Waals surface area (Å²) in [6, 6.07) is 5.81. The molecule has 0 aliphatic heterocycles. The van der Waals surface area contributed by atoms with Crippen LogP contribution in [0.4, 0.5) is 0 Å². The first-order valence-corrected chi connectivity index (χ1v) is 5.72. The van der Waals surface area contributed by atoms with Gasteiger partial charge in [-0.2, -0.15) is 0 Å². The van der Waals surface area contributed by atoms with Crippen LogP contribution >= 0.6 is 0 Å². The number of hydrogen-bond donors (Lipinski definition) is 1. The number of nitrogens with zero attached hydrogens (tertiary/aromatic N) is 2. The topological polar surface area (TPSA) is 46.0 Å². The monoisotopic (exact) mass is 214 g/mol. The molecule has 2 aromatic rings. The van der Waals surface area contributed by atoms with Crippen LogP contribution in [0.2, 0.25) is 0 Å². The van der Waals surface area contributed by atoms with E-state index in [9.17, 15) is 5.11 Å². The Morgan fingerprint density at radius 2 is 2.06 bits per heavy atom. The van der Waals surface area contributed by atoms with Crippen molar-refractivity contribution in [3.8, 4) is 0 Å². The second-order valence-electron chi connectivity index (χ2n) is 4.47. The van der Waals surface area contributed by atoms with Crippen molar-refractivity contribution in [2.45, 2.75) is 25.4 Å². The van der Waals surface area contributed by atoms with Gasteiger partial charge in [0.05, 0.1) is 17.1 Å². The van der Waals surface area contributed by atoms with Gasteiger partial charge in [-0.25, -0.2) is 0 Å². The summed E-state index contributed by atoms with van der Waals surface area (Å²) in [5.41, 5.74) is 2.60. The highest BCUT2D eigenvalue weighted by Crippen LogP contribution is 2.38. The molecule has 0 amide bonds. The lowest BCUT2D eigenvalue weighted by Crippen LogP contribution is -2.00. The van der Waals surface area contributed by atoms with E-state index in [4.69, 9.17) is 0 Å². The third-order valence-corrected chi connectivity index (χ3v) is 3.14. The van der Waals surface area contributed by atoms with E-state index < -0.39 is 6.10 Å². The molecule has 1 aliphatic rings. The molecule has 0 saturated heterocycles. The van der Waals surface area contributed by atoms with Crippen molar-refractivity contribution in [2.75, 3.05) is 0 Å². The van der Waals surface area contributed by atoms with Crippen LogP contribution in [0, 0.1) is 5.92 Å². The van der Waals surface area contributed by atoms with Crippen LogP contribution in [0.15, 0.2) is 30.6 Å². The van der Waals surface area contributed by atoms with E-state index in [1.165, 1.54) is 12.8 Å². The van der Waals surface area contributed by atoms with Gasteiger partial charge in [0.1, 0.15) is 0 Å². The molecule has 1 N–H and O–H groups in total. The van der Waals surface area contributed by atoms with Crippen molar-refractivity contribution in [3.63, 3.8) is 0 Å². The SMILES string of the molecule is OC(CC1CC1)c1cccc2nccnc12. The van der Waals surface area contributed by atoms with Gasteiger partial charge in [0, 0.05) is 18.0 Å². The molecule has 1 heterocycles. The summed E-state index contributed by atoms with van der Waals surface area (Å²) >= 11 is 0. The molecule has 16 heavy (non-hydrogen) atoms. The molecule has 0 radical (unpaired) electrons. The van der Waals surface area contributed by atoms with E-state index in [-0.39, 0.29) is 0 Å². The van der Waals surface area contributed by atoms with Gasteiger partial charge >= 0.3 is 0 Å². The smallest absolute Gasteiger partial charge is 0.0944 e. The van der Waals surface area contributed by atoms with E-state index in [1.54, 1.807) is 12.4 Å². The molecular formula is C13H14N2O. The molecular weight excluding hydrogens is 200 g/mol. The summed E-state index contributed by atoms with van der Waals surface area (Å²) in [6.07, 6.45) is 6.33. The van der Waals surface area contributed by atoms with Crippen molar-refractivity contribution < 1.29 is 5.11 Å². The molecule has 3 rings (SSSR count). The third kappa shape index (κ3) is 1.78. The van der Waals surface area contributed by atoms with Crippen molar-refractivity contribution in [3.05, 3.63) is 36.2 Å². The summed E-state index contributed by atoms with van der Waals surface area (Å²) in [6.45, 7) is 0. The average molecular weight is 214 g/mol. The fourth-order valence-corrected chi connectivity index (χ4v) is 2.08. The fraction of sp³-hybridized carbons (Fsp3) is 0.385. The van der Waals surface area contributed by atoms with Gasteiger partial charge in [0.25, 0.3) is 0 Å². The van der Waals surface area contributed by atoms with Crippen molar-refractivity contribution >= 4 is 11.0 Å². The third-order valence-electron chi connectivity index (χ3n) is 3.14. The van der Waals surface area contributed by atoms with E-state index in [1.807, 2.05) is 18.2 Å². The molecule has 1 fully saturated rings. The Balaban J connectivity index is 2.00. The van der Waals surface area contributed by atoms with Gasteiger partial charge < -0.3 is 5.11 Å². The molecule has 1 aromatic heterocycles. The van der Waals surface area contributed by atoms with E-state index in [2.05, 4.69) is 9.97 Å². The standard InChI is InChI=1S/C13H14N2O/c16-12(8-9-4-5-9)10-2-1-3-11-13(10)15-7-6-14-11/h1-3,6-7,9,12,16H,4-5,8H2. The highest BCUT2D eigenvalue weighted by Gasteiger charge is 2.26. The molecule has 3 nitrogen and oxygen atoms in total. The van der Waals surface area contributed by atoms with Gasteiger partial charge in [-0.15, -0.1) is 0 Å². The summed E-state index contributed by atoms with van der Waals surface area (Å²) in [4.78, 5) is 8.55. The van der Waals surface area contributed by atoms with Crippen molar-refractivity contribution in [1.82, 2.24) is 9.97 Å². The Bertz CT molecular complexity index is 503. The quantitative estimate of drug-likeness (QED) is 0.853. The number of benzene rings is 1. The molecule has 0 bridgehead atoms. The highest BCUT2D eigenvalue weighted by molar-refractivity contribution is 5.77. The fourth-order valence-electron chi connectivity index (χ4n) is 2.08. The maximum atomic E-state index is 10.2. The van der Waals surface area contributed by atoms with Crippen LogP contribution in [0.1, 0.15) is 30.9 Å². The predicted octanol–water partition coefficient (Wildman–Crippen LogP) is 2.46. The van der Waals surface area contributed by atoms with Gasteiger partial charge in [0.15, 0.2) is 0 Å². The number of aliphatic hydroxyl groups excluding tert-OH is 1. The summed E-state index contributed by atoms with van der Waals surface area (Å²) < 4.78 is 0. The highest BCUT2D eigenvalue weighted by atomic mass is 16.3. The zero-order valence-electron chi connectivity index (χ0n) is 9.00. The average Bonchev–Trinajstić information content (AvgIpc) is 3.12. The minimum Gasteiger partial charge on any atom is -0.388 e. The first-order chi connectivity index (χ1) is 7.84. The zero-order valence-corrected chi connectivity index (χ0v) is 9.00. The van der Waals surface area contributed by atoms with E-state index in [0.29, 0.717) is 5.92 Å². The maximum Gasteiger partial charge on any atom is 0.0944 e. The summed E-state index contributed by atoms with van der Waals surface area (Å²) in [7, 11) is 0. The van der Waals surface area contributed by atoms with Crippen LogP contribution in [-0.2, 0) is 0 Å². The van der Waals surface area contributed by atoms with Gasteiger partial charge in [-0.3, -0.25) is 9.97 Å². The Morgan fingerprint density at radius 1 is 1.25 bits per heavy atom. The molecule has 3 heteroatoms. The van der Waals surface area contributed by atoms with Gasteiger partial charge in [-0.1, -0.05) is 25.0 Å². The minimum absolute atomic E-state index is 0.395. The summed E-state index contributed by atoms with van der Waals surface area (Å²) in [5.74, 6) is 0.710. The second kappa shape index (κ2) is 3.83. The van der Waals surface area contributed by atoms with E-state index in [0.717, 1.165) is 23.0 Å². The molecule has 1 aliphatic carbocycles. The van der Waals surface area contributed by atoms with Crippen LogP contribution in [0.5, 0.6) is 0 Å². The minimum atomic E-state index is -0.395. The predicted molar refractivity (Wildman–Crippen MR) is 61.8 cm³/mol. The Morgan fingerprint density at radius 3 is 2.88 bits per heavy atom. The Labute approximate surface area is 94.2 Å². The van der Waals surface area contributed by atoms with E-state index >= 15 is 0 Å². The lowest BCUT2D eigenvalue weighted by molar-refractivity contribution is 0.161. The van der Waals surface area contributed by atoms with Crippen LogP contribution in [-0.4, -0.2) is 15.1 Å². The van der Waals surface area contributed by atoms with Crippen LogP contribution < -0.4 is 0 Å². The number of rotatable bonds is 3. The van der Waals surface area contributed by atoms with Crippen molar-refractivity contribution in [2.24, 2.45) is 5.92 Å². The lowest BCUT2D eigenvalue weighted by atomic mass is 10.0. The molecule has 0 spiro atoms. The molecule has 82 valence electrons. The second-order valence-corrected chi connectivity index (χ2v) is 4.47. The van der Waals surface area contributed by atoms with Crippen molar-refractivity contribution in [1.29, 1.82) is 0 Å². The number of para-hydroxylation sites is 1. The number of hydrogen-bond acceptors (Lipinski definition) is 3. The molecule has 1 unspecified atom stereocenters. The normalized spacial score (nSPS) is 17.6.